The number of carboxylic acid groups (broad SMARTS) is 1. The van der Waals surface area contributed by atoms with Crippen molar-refractivity contribution in [2.45, 2.75) is 65.7 Å². The number of aliphatic carboxylic acids is 1. The lowest BCUT2D eigenvalue weighted by molar-refractivity contribution is -0.138. The van der Waals surface area contributed by atoms with Gasteiger partial charge in [-0.2, -0.15) is 4.90 Å². The summed E-state index contributed by atoms with van der Waals surface area (Å²) in [6.45, 7) is 12.1. The number of carboxylic acids is 1. The summed E-state index contributed by atoms with van der Waals surface area (Å²) >= 11 is 0. The van der Waals surface area contributed by atoms with Gasteiger partial charge in [0, 0.05) is 22.8 Å². The summed E-state index contributed by atoms with van der Waals surface area (Å²) in [5.74, 6) is -1.70. The van der Waals surface area contributed by atoms with Crippen molar-refractivity contribution in [1.82, 2.24) is 4.98 Å². The maximum absolute atomic E-state index is 14.6. The lowest BCUT2D eigenvalue weighted by Gasteiger charge is -2.28. The number of aromatic nitrogens is 1. The monoisotopic (exact) mass is 555 g/mol. The Bertz CT molecular complexity index is 1380. The molecule has 0 aliphatic heterocycles. The summed E-state index contributed by atoms with van der Waals surface area (Å²) in [7, 11) is 0. The second kappa shape index (κ2) is 11.8. The van der Waals surface area contributed by atoms with Crippen molar-refractivity contribution < 1.29 is 38.1 Å². The molecule has 2 amide bonds. The van der Waals surface area contributed by atoms with E-state index >= 15 is 0 Å². The van der Waals surface area contributed by atoms with Gasteiger partial charge < -0.3 is 24.6 Å². The molecule has 1 heterocycles. The number of carbonyl (C=O) groups excluding carboxylic acids is 2. The zero-order valence-electron chi connectivity index (χ0n) is 23.6. The Morgan fingerprint density at radius 1 is 0.975 bits per heavy atom. The van der Waals surface area contributed by atoms with Crippen molar-refractivity contribution in [3.8, 4) is 5.75 Å². The highest BCUT2D eigenvalue weighted by Gasteiger charge is 2.34. The van der Waals surface area contributed by atoms with Crippen molar-refractivity contribution in [1.29, 1.82) is 0 Å². The number of anilines is 2. The van der Waals surface area contributed by atoms with Crippen molar-refractivity contribution in [3.05, 3.63) is 60.0 Å². The van der Waals surface area contributed by atoms with E-state index in [1.54, 1.807) is 66.7 Å². The molecule has 0 bridgehead atoms. The summed E-state index contributed by atoms with van der Waals surface area (Å²) in [5.41, 5.74) is -1.56. The van der Waals surface area contributed by atoms with Gasteiger partial charge in [0.25, 0.3) is 0 Å². The van der Waals surface area contributed by atoms with E-state index in [1.807, 2.05) is 0 Å². The summed E-state index contributed by atoms with van der Waals surface area (Å²) in [5, 5.41) is 13.6. The molecule has 0 saturated heterocycles. The number of amides is 2. The fraction of sp³-hybridized carbons (Fsp3) is 0.379. The largest absolute Gasteiger partial charge is 0.494 e. The van der Waals surface area contributed by atoms with Gasteiger partial charge in [0.2, 0.25) is 0 Å². The number of benzene rings is 2. The first kappa shape index (κ1) is 30.1. The van der Waals surface area contributed by atoms with Crippen LogP contribution in [0.3, 0.4) is 0 Å². The molecule has 3 aromatic rings. The molecule has 1 aromatic heterocycles. The number of carbonyl (C=O) groups is 3. The maximum atomic E-state index is 14.6. The van der Waals surface area contributed by atoms with Crippen LogP contribution >= 0.6 is 0 Å². The molecule has 11 heteroatoms. The zero-order valence-corrected chi connectivity index (χ0v) is 23.6. The minimum atomic E-state index is -1.43. The molecule has 0 spiro atoms. The molecule has 3 rings (SSSR count). The van der Waals surface area contributed by atoms with Crippen LogP contribution in [0.1, 0.15) is 60.1 Å². The number of halogens is 1. The summed E-state index contributed by atoms with van der Waals surface area (Å²) < 4.78 is 30.9. The van der Waals surface area contributed by atoms with E-state index in [0.29, 0.717) is 28.8 Å². The molecule has 0 radical (unpaired) electrons. The van der Waals surface area contributed by atoms with Crippen LogP contribution in [0.5, 0.6) is 5.75 Å². The van der Waals surface area contributed by atoms with Gasteiger partial charge in [-0.1, -0.05) is 0 Å². The minimum absolute atomic E-state index is 0.0298. The molecule has 0 saturated carbocycles. The molecule has 0 aliphatic rings. The number of nitrogens with one attached hydrogen (secondary N) is 1. The standard InChI is InChI=1S/C29H34FN3O7/c1-8-38-19-10-12-22(30)21(16-19)23(25(34)35)32-18-9-11-20-17(15-18)13-14-31-24(20)33(26(36)39-28(2,3)4)27(37)40-29(5,6)7/h9-16,23,32H,8H2,1-7H3,(H,34,35). The number of rotatable bonds is 7. The Hall–Kier alpha value is -4.41. The lowest BCUT2D eigenvalue weighted by atomic mass is 10.0. The molecular weight excluding hydrogens is 521 g/mol. The molecule has 1 atom stereocenters. The fourth-order valence-corrected chi connectivity index (χ4v) is 3.73. The van der Waals surface area contributed by atoms with Crippen molar-refractivity contribution >= 4 is 40.4 Å². The number of nitrogens with zero attached hydrogens (tertiary/aromatic N) is 2. The number of pyridine rings is 1. The van der Waals surface area contributed by atoms with Gasteiger partial charge in [-0.3, -0.25) is 0 Å². The second-order valence-electron chi connectivity index (χ2n) is 10.9. The average Bonchev–Trinajstić information content (AvgIpc) is 2.82. The maximum Gasteiger partial charge on any atom is 0.425 e. The number of imide groups is 1. The van der Waals surface area contributed by atoms with Crippen molar-refractivity contribution in [2.24, 2.45) is 0 Å². The predicted octanol–water partition coefficient (Wildman–Crippen LogP) is 6.69. The Labute approximate surface area is 232 Å². The summed E-state index contributed by atoms with van der Waals surface area (Å²) in [6, 6.07) is 8.81. The van der Waals surface area contributed by atoms with Crippen LogP contribution in [0.2, 0.25) is 0 Å². The van der Waals surface area contributed by atoms with Crippen LogP contribution in [0.25, 0.3) is 10.8 Å². The quantitative estimate of drug-likeness (QED) is 0.328. The van der Waals surface area contributed by atoms with Gasteiger partial charge in [-0.05, 0) is 96.3 Å². The highest BCUT2D eigenvalue weighted by Crippen LogP contribution is 2.32. The Morgan fingerprint density at radius 2 is 1.60 bits per heavy atom. The predicted molar refractivity (Wildman–Crippen MR) is 148 cm³/mol. The SMILES string of the molecule is CCOc1ccc(F)c(C(Nc2ccc3c(N(C(=O)OC(C)(C)C)C(=O)OC(C)(C)C)nccc3c2)C(=O)O)c1. The molecule has 0 aliphatic carbocycles. The van der Waals surface area contributed by atoms with Crippen LogP contribution in [-0.2, 0) is 14.3 Å². The van der Waals surface area contributed by atoms with E-state index in [4.69, 9.17) is 14.2 Å². The third-order valence-electron chi connectivity index (χ3n) is 5.25. The van der Waals surface area contributed by atoms with Crippen molar-refractivity contribution in [2.75, 3.05) is 16.8 Å². The third kappa shape index (κ3) is 7.58. The van der Waals surface area contributed by atoms with Gasteiger partial charge in [-0.25, -0.2) is 23.8 Å². The lowest BCUT2D eigenvalue weighted by Crippen LogP contribution is -2.44. The van der Waals surface area contributed by atoms with Crippen LogP contribution in [0.4, 0.5) is 25.5 Å². The van der Waals surface area contributed by atoms with E-state index in [-0.39, 0.29) is 11.4 Å². The average molecular weight is 556 g/mol. The third-order valence-corrected chi connectivity index (χ3v) is 5.25. The first-order valence-electron chi connectivity index (χ1n) is 12.7. The molecule has 2 N–H and O–H groups in total. The first-order valence-corrected chi connectivity index (χ1v) is 12.7. The Morgan fingerprint density at radius 3 is 2.15 bits per heavy atom. The number of hydrogen-bond donors (Lipinski definition) is 2. The van der Waals surface area contributed by atoms with E-state index in [2.05, 4.69) is 10.3 Å². The zero-order chi connectivity index (χ0) is 29.8. The van der Waals surface area contributed by atoms with E-state index < -0.39 is 41.2 Å². The number of hydrogen-bond acceptors (Lipinski definition) is 8. The molecule has 1 unspecified atom stereocenters. The first-order chi connectivity index (χ1) is 18.6. The van der Waals surface area contributed by atoms with E-state index in [9.17, 15) is 23.9 Å². The molecule has 40 heavy (non-hydrogen) atoms. The van der Waals surface area contributed by atoms with Crippen molar-refractivity contribution in [3.63, 3.8) is 0 Å². The van der Waals surface area contributed by atoms with Gasteiger partial charge in [0.1, 0.15) is 22.8 Å². The van der Waals surface area contributed by atoms with Crippen LogP contribution in [0.15, 0.2) is 48.7 Å². The minimum Gasteiger partial charge on any atom is -0.494 e. The highest BCUT2D eigenvalue weighted by atomic mass is 19.1. The number of ether oxygens (including phenoxy) is 3. The van der Waals surface area contributed by atoms with Gasteiger partial charge in [-0.15, -0.1) is 0 Å². The second-order valence-corrected chi connectivity index (χ2v) is 10.9. The van der Waals surface area contributed by atoms with Gasteiger partial charge >= 0.3 is 18.2 Å². The smallest absolute Gasteiger partial charge is 0.425 e. The Balaban J connectivity index is 2.04. The van der Waals surface area contributed by atoms with Gasteiger partial charge in [0.15, 0.2) is 11.9 Å². The molecule has 214 valence electrons. The van der Waals surface area contributed by atoms with Crippen LogP contribution in [0, 0.1) is 5.82 Å². The van der Waals surface area contributed by atoms with Crippen LogP contribution in [-0.4, -0.2) is 46.1 Å². The molecule has 10 nitrogen and oxygen atoms in total. The highest BCUT2D eigenvalue weighted by molar-refractivity contribution is 6.14. The summed E-state index contributed by atoms with van der Waals surface area (Å²) in [6.07, 6.45) is -0.553. The molecule has 0 fully saturated rings. The van der Waals surface area contributed by atoms with Gasteiger partial charge in [0.05, 0.1) is 6.61 Å². The normalized spacial score (nSPS) is 12.4. The van der Waals surface area contributed by atoms with Crippen LogP contribution < -0.4 is 15.0 Å². The fourth-order valence-electron chi connectivity index (χ4n) is 3.73. The van der Waals surface area contributed by atoms with E-state index in [0.717, 1.165) is 11.0 Å². The number of fused-ring (bicyclic) bond motifs is 1. The topological polar surface area (TPSA) is 127 Å². The molecule has 2 aromatic carbocycles. The molecular formula is C29H34FN3O7. The van der Waals surface area contributed by atoms with E-state index in [1.165, 1.54) is 24.4 Å². The summed E-state index contributed by atoms with van der Waals surface area (Å²) in [4.78, 5) is 43.3. The Kier molecular flexibility index (Phi) is 8.87.